The van der Waals surface area contributed by atoms with E-state index in [1.165, 1.54) is 0 Å². The molecule has 2 bridgehead atoms. The van der Waals surface area contributed by atoms with Gasteiger partial charge in [-0.25, -0.2) is 0 Å². The third-order valence-corrected chi connectivity index (χ3v) is 11.8. The van der Waals surface area contributed by atoms with Crippen LogP contribution in [0.1, 0.15) is 122 Å². The number of hydrogen-bond acceptors (Lipinski definition) is 12. The molecule has 4 fully saturated rings. The van der Waals surface area contributed by atoms with Crippen molar-refractivity contribution in [3.8, 4) is 0 Å². The molecule has 0 aromatic rings. The number of hydrogen-bond donors (Lipinski definition) is 2. The Bertz CT molecular complexity index is 1100. The number of cyclic esters (lactones) is 1. The molecule has 17 atom stereocenters. The second kappa shape index (κ2) is 18.1. The van der Waals surface area contributed by atoms with Gasteiger partial charge in [-0.15, -0.1) is 0 Å². The summed E-state index contributed by atoms with van der Waals surface area (Å²) in [5, 5.41) is 25.4. The zero-order valence-corrected chi connectivity index (χ0v) is 34.5. The summed E-state index contributed by atoms with van der Waals surface area (Å²) in [7, 11) is 5.68. The Hall–Kier alpha value is -0.930. The van der Waals surface area contributed by atoms with Crippen LogP contribution in [0.2, 0.25) is 0 Å². The van der Waals surface area contributed by atoms with Crippen LogP contribution in [0.15, 0.2) is 0 Å². The van der Waals surface area contributed by atoms with Crippen LogP contribution in [0, 0.1) is 17.8 Å². The van der Waals surface area contributed by atoms with Crippen LogP contribution in [0.3, 0.4) is 0 Å². The van der Waals surface area contributed by atoms with Crippen molar-refractivity contribution >= 4 is 5.97 Å². The number of ether oxygens (including phenoxy) is 6. The van der Waals surface area contributed by atoms with Gasteiger partial charge in [0.1, 0.15) is 17.8 Å². The maximum Gasteiger partial charge on any atom is 0.311 e. The molecule has 4 saturated heterocycles. The van der Waals surface area contributed by atoms with Crippen molar-refractivity contribution in [1.29, 1.82) is 0 Å². The Morgan fingerprint density at radius 2 is 1.59 bits per heavy atom. The standard InChI is InChI=1S/C37H68N2O10.C2H6/c1-14-28-36(9)17-21(2)20-39(49-36)22(3)18-35(8,42)33(48-29-16-27(38(11)12)15-23(4)44-29)24(5)31(25(6)34(41)46-28)47-30-19-37(10,43-13)32(40)26(7)45-30;1-2/h21-33,40,42H,14-20H2,1-13H3;1-2H3/t21-,22-,23?,24?,25?,26+,27?,28?,29?,30?,31?,32?,33-,35+,36-,37-;/m1./s1. The summed E-state index contributed by atoms with van der Waals surface area (Å²) in [6.45, 7) is 24.2. The first-order valence-electron chi connectivity index (χ1n) is 19.6. The minimum Gasteiger partial charge on any atom is -0.459 e. The van der Waals surface area contributed by atoms with E-state index in [1.54, 1.807) is 27.9 Å². The van der Waals surface area contributed by atoms with Crippen molar-refractivity contribution in [2.45, 2.75) is 200 Å². The number of fused-ring (bicyclic) bond motifs is 2. The number of rotatable bonds is 7. The molecule has 51 heavy (non-hydrogen) atoms. The van der Waals surface area contributed by atoms with Gasteiger partial charge in [-0.05, 0) is 94.2 Å². The molecule has 4 heterocycles. The van der Waals surface area contributed by atoms with Crippen molar-refractivity contribution in [3.63, 3.8) is 0 Å². The van der Waals surface area contributed by atoms with Crippen molar-refractivity contribution in [3.05, 3.63) is 0 Å². The highest BCUT2D eigenvalue weighted by Gasteiger charge is 2.53. The molecule has 12 nitrogen and oxygen atoms in total. The molecule has 0 aliphatic carbocycles. The lowest BCUT2D eigenvalue weighted by atomic mass is 9.78. The van der Waals surface area contributed by atoms with Crippen molar-refractivity contribution < 1.29 is 48.3 Å². The van der Waals surface area contributed by atoms with Gasteiger partial charge in [0.05, 0.1) is 41.5 Å². The summed E-state index contributed by atoms with van der Waals surface area (Å²) in [6, 6.07) is 0.0547. The van der Waals surface area contributed by atoms with E-state index in [9.17, 15) is 15.0 Å². The molecule has 0 amide bonds. The Morgan fingerprint density at radius 3 is 2.18 bits per heavy atom. The molecule has 300 valence electrons. The van der Waals surface area contributed by atoms with Gasteiger partial charge >= 0.3 is 5.97 Å². The number of aliphatic hydroxyl groups excluding tert-OH is 1. The second-order valence-electron chi connectivity index (χ2n) is 16.8. The fourth-order valence-electron chi connectivity index (χ4n) is 8.92. The van der Waals surface area contributed by atoms with Gasteiger partial charge < -0.3 is 43.5 Å². The fourth-order valence-corrected chi connectivity index (χ4v) is 8.92. The molecule has 0 spiro atoms. The number of carbonyl (C=O) groups excluding carboxylic acids is 1. The Balaban J connectivity index is 0.00000345. The van der Waals surface area contributed by atoms with E-state index in [4.69, 9.17) is 33.3 Å². The minimum atomic E-state index is -1.39. The quantitative estimate of drug-likeness (QED) is 0.330. The van der Waals surface area contributed by atoms with E-state index in [1.807, 2.05) is 53.5 Å². The first kappa shape index (κ1) is 44.5. The summed E-state index contributed by atoms with van der Waals surface area (Å²) in [6.07, 6.45) is -1.60. The molecule has 0 radical (unpaired) electrons. The average Bonchev–Trinajstić information content (AvgIpc) is 3.06. The first-order chi connectivity index (χ1) is 23.7. The molecular formula is C39H74N2O10. The number of carbonyl (C=O) groups is 1. The molecule has 10 unspecified atom stereocenters. The molecule has 4 aliphatic heterocycles. The Labute approximate surface area is 309 Å². The SMILES string of the molecule is CC.CCC1OC(=O)C(C)C(OC2C[C@@](C)(OC)C(O)[C@H](C)O2)C(C)[C@@H](OC2CC(N(C)C)CC(C)O2)[C@@](C)(O)C[C@@H](C)N2C[C@H](C)C[C@@]1(C)O2. The zero-order chi connectivity index (χ0) is 38.6. The Morgan fingerprint density at radius 1 is 0.941 bits per heavy atom. The molecule has 0 saturated carbocycles. The van der Waals surface area contributed by atoms with Crippen LogP contribution in [0.5, 0.6) is 0 Å². The lowest BCUT2D eigenvalue weighted by Gasteiger charge is -2.49. The van der Waals surface area contributed by atoms with E-state index in [0.29, 0.717) is 25.8 Å². The largest absolute Gasteiger partial charge is 0.459 e. The maximum atomic E-state index is 14.2. The highest BCUT2D eigenvalue weighted by atomic mass is 16.7. The lowest BCUT2D eigenvalue weighted by molar-refractivity contribution is -0.323. The van der Waals surface area contributed by atoms with Crippen LogP contribution in [-0.4, -0.2) is 132 Å². The van der Waals surface area contributed by atoms with Crippen LogP contribution in [0.25, 0.3) is 0 Å². The van der Waals surface area contributed by atoms with E-state index in [-0.39, 0.29) is 30.5 Å². The molecule has 0 aromatic heterocycles. The highest BCUT2D eigenvalue weighted by Crippen LogP contribution is 2.42. The summed E-state index contributed by atoms with van der Waals surface area (Å²) in [5.41, 5.74) is -3.07. The fraction of sp³-hybridized carbons (Fsp3) is 0.974. The van der Waals surface area contributed by atoms with Crippen LogP contribution in [0.4, 0.5) is 0 Å². The van der Waals surface area contributed by atoms with Crippen LogP contribution in [-0.2, 0) is 38.1 Å². The lowest BCUT2D eigenvalue weighted by Crippen LogP contribution is -2.59. The first-order valence-corrected chi connectivity index (χ1v) is 19.6. The van der Waals surface area contributed by atoms with Crippen LogP contribution < -0.4 is 0 Å². The summed E-state index contributed by atoms with van der Waals surface area (Å²) >= 11 is 0. The number of hydroxylamine groups is 2. The number of esters is 1. The van der Waals surface area contributed by atoms with E-state index in [2.05, 4.69) is 32.8 Å². The minimum absolute atomic E-state index is 0.0387. The average molecular weight is 731 g/mol. The topological polar surface area (TPSA) is 129 Å². The van der Waals surface area contributed by atoms with Crippen molar-refractivity contribution in [2.75, 3.05) is 27.7 Å². The van der Waals surface area contributed by atoms with Crippen LogP contribution >= 0.6 is 0 Å². The predicted molar refractivity (Wildman–Crippen MR) is 196 cm³/mol. The van der Waals surface area contributed by atoms with Crippen molar-refractivity contribution in [2.24, 2.45) is 17.8 Å². The smallest absolute Gasteiger partial charge is 0.311 e. The van der Waals surface area contributed by atoms with E-state index in [0.717, 1.165) is 12.8 Å². The zero-order valence-electron chi connectivity index (χ0n) is 34.5. The normalized spacial score (nSPS) is 48.7. The monoisotopic (exact) mass is 731 g/mol. The van der Waals surface area contributed by atoms with Gasteiger partial charge in [-0.3, -0.25) is 9.63 Å². The second-order valence-corrected chi connectivity index (χ2v) is 16.8. The molecular weight excluding hydrogens is 656 g/mol. The molecule has 4 aliphatic rings. The summed E-state index contributed by atoms with van der Waals surface area (Å²) < 4.78 is 38.4. The van der Waals surface area contributed by atoms with Gasteiger partial charge in [0, 0.05) is 44.5 Å². The van der Waals surface area contributed by atoms with Gasteiger partial charge in [0.2, 0.25) is 0 Å². The number of nitrogens with zero attached hydrogens (tertiary/aromatic N) is 2. The number of methoxy groups -OCH3 is 1. The van der Waals surface area contributed by atoms with E-state index >= 15 is 0 Å². The third-order valence-electron chi connectivity index (χ3n) is 11.8. The van der Waals surface area contributed by atoms with Gasteiger partial charge in [-0.2, -0.15) is 5.06 Å². The van der Waals surface area contributed by atoms with Crippen molar-refractivity contribution in [1.82, 2.24) is 9.96 Å². The molecule has 12 heteroatoms. The van der Waals surface area contributed by atoms with Gasteiger partial charge in [0.25, 0.3) is 0 Å². The molecule has 4 rings (SSSR count). The highest BCUT2D eigenvalue weighted by molar-refractivity contribution is 5.73. The van der Waals surface area contributed by atoms with E-state index < -0.39 is 77.7 Å². The van der Waals surface area contributed by atoms with Gasteiger partial charge in [-0.1, -0.05) is 34.6 Å². The number of aliphatic hydroxyl groups is 2. The summed E-state index contributed by atoms with van der Waals surface area (Å²) in [4.78, 5) is 23.1. The summed E-state index contributed by atoms with van der Waals surface area (Å²) in [5.74, 6) is -1.45. The van der Waals surface area contributed by atoms with Gasteiger partial charge in [0.15, 0.2) is 12.6 Å². The maximum absolute atomic E-state index is 14.2. The predicted octanol–water partition coefficient (Wildman–Crippen LogP) is 5.31. The molecule has 2 N–H and O–H groups in total. The third kappa shape index (κ3) is 10.4. The Kier molecular flexibility index (Phi) is 15.8. The molecule has 0 aromatic carbocycles.